The van der Waals surface area contributed by atoms with Crippen LogP contribution < -0.4 is 5.32 Å². The van der Waals surface area contributed by atoms with Crippen LogP contribution in [0.15, 0.2) is 30.3 Å². The van der Waals surface area contributed by atoms with Crippen molar-refractivity contribution in [3.63, 3.8) is 0 Å². The van der Waals surface area contributed by atoms with Crippen molar-refractivity contribution in [3.8, 4) is 11.4 Å². The van der Waals surface area contributed by atoms with Crippen LogP contribution in [-0.4, -0.2) is 56.2 Å². The van der Waals surface area contributed by atoms with Crippen molar-refractivity contribution >= 4 is 11.5 Å². The van der Waals surface area contributed by atoms with Crippen LogP contribution in [0.25, 0.3) is 11.4 Å². The first-order valence-electron chi connectivity index (χ1n) is 10.8. The van der Waals surface area contributed by atoms with E-state index < -0.39 is 4.92 Å². The molecule has 0 radical (unpaired) electrons. The Morgan fingerprint density at radius 2 is 1.90 bits per heavy atom. The molecule has 2 N–H and O–H groups in total. The fraction of sp³-hybridized carbons (Fsp3) is 0.545. The van der Waals surface area contributed by atoms with Crippen LogP contribution in [0.2, 0.25) is 0 Å². The Balaban J connectivity index is 1.42. The second-order valence-electron chi connectivity index (χ2n) is 8.40. The number of non-ortho nitro benzene ring substituents is 1. The molecule has 1 aromatic heterocycles. The Morgan fingerprint density at radius 3 is 2.63 bits per heavy atom. The third-order valence-corrected chi connectivity index (χ3v) is 6.21. The highest BCUT2D eigenvalue weighted by Crippen LogP contribution is 2.27. The molecule has 30 heavy (non-hydrogen) atoms. The van der Waals surface area contributed by atoms with Crippen LogP contribution in [0.1, 0.15) is 44.2 Å². The number of benzene rings is 1. The van der Waals surface area contributed by atoms with Gasteiger partial charge in [0.05, 0.1) is 11.0 Å². The summed E-state index contributed by atoms with van der Waals surface area (Å²) in [4.78, 5) is 22.2. The van der Waals surface area contributed by atoms with Crippen LogP contribution in [0, 0.1) is 17.0 Å². The Bertz CT molecular complexity index is 898. The number of nitro benzene ring substituents is 1. The van der Waals surface area contributed by atoms with E-state index in [2.05, 4.69) is 20.2 Å². The Morgan fingerprint density at radius 1 is 1.13 bits per heavy atom. The van der Waals surface area contributed by atoms with Gasteiger partial charge in [0.25, 0.3) is 5.69 Å². The number of likely N-dealkylation sites (tertiary alicyclic amines) is 1. The summed E-state index contributed by atoms with van der Waals surface area (Å²) in [6.07, 6.45) is 6.17. The molecule has 0 bridgehead atoms. The minimum absolute atomic E-state index is 0.0318. The van der Waals surface area contributed by atoms with E-state index in [4.69, 9.17) is 0 Å². The lowest BCUT2D eigenvalue weighted by atomic mass is 9.89. The third-order valence-electron chi connectivity index (χ3n) is 6.21. The molecule has 8 heteroatoms. The van der Waals surface area contributed by atoms with Gasteiger partial charge in [0.15, 0.2) is 5.82 Å². The fourth-order valence-electron chi connectivity index (χ4n) is 4.63. The number of piperidine rings is 1. The van der Waals surface area contributed by atoms with E-state index in [0.717, 1.165) is 56.7 Å². The van der Waals surface area contributed by atoms with Gasteiger partial charge in [-0.05, 0) is 32.6 Å². The van der Waals surface area contributed by atoms with Crippen molar-refractivity contribution in [1.29, 1.82) is 0 Å². The molecule has 1 aromatic carbocycles. The van der Waals surface area contributed by atoms with E-state index in [9.17, 15) is 15.2 Å². The minimum atomic E-state index is -0.407. The summed E-state index contributed by atoms with van der Waals surface area (Å²) >= 11 is 0. The topological polar surface area (TPSA) is 104 Å². The minimum Gasteiger partial charge on any atom is -0.391 e. The number of nitrogens with one attached hydrogen (secondary N) is 1. The predicted octanol–water partition coefficient (Wildman–Crippen LogP) is 3.54. The number of aromatic nitrogens is 2. The molecule has 2 heterocycles. The number of nitrogens with zero attached hydrogens (tertiary/aromatic N) is 4. The normalized spacial score (nSPS) is 23.3. The van der Waals surface area contributed by atoms with Crippen LogP contribution in [0.3, 0.4) is 0 Å². The number of hydrogen-bond acceptors (Lipinski definition) is 7. The SMILES string of the molecule is Cc1cc(NC2CCN(C3CCCCC3O)CC2)nc(-c2cccc([N+](=O)[O-])c2)n1. The van der Waals surface area contributed by atoms with Gasteiger partial charge in [0.1, 0.15) is 5.82 Å². The molecular weight excluding hydrogens is 382 g/mol. The van der Waals surface area contributed by atoms with Crippen molar-refractivity contribution in [3.05, 3.63) is 46.1 Å². The van der Waals surface area contributed by atoms with Gasteiger partial charge < -0.3 is 10.4 Å². The number of aryl methyl sites for hydroxylation is 1. The molecule has 1 saturated heterocycles. The summed E-state index contributed by atoms with van der Waals surface area (Å²) in [5, 5.41) is 24.9. The van der Waals surface area contributed by atoms with Gasteiger partial charge >= 0.3 is 0 Å². The predicted molar refractivity (Wildman–Crippen MR) is 115 cm³/mol. The zero-order chi connectivity index (χ0) is 21.1. The molecule has 1 aliphatic heterocycles. The van der Waals surface area contributed by atoms with Crippen LogP contribution >= 0.6 is 0 Å². The number of nitro groups is 1. The zero-order valence-corrected chi connectivity index (χ0v) is 17.3. The number of aliphatic hydroxyl groups is 1. The monoisotopic (exact) mass is 411 g/mol. The fourth-order valence-corrected chi connectivity index (χ4v) is 4.63. The lowest BCUT2D eigenvalue weighted by Crippen LogP contribution is -2.50. The molecule has 1 aliphatic carbocycles. The molecular formula is C22H29N5O3. The Kier molecular flexibility index (Phi) is 6.24. The van der Waals surface area contributed by atoms with Crippen molar-refractivity contribution in [1.82, 2.24) is 14.9 Å². The average Bonchev–Trinajstić information content (AvgIpc) is 2.74. The summed E-state index contributed by atoms with van der Waals surface area (Å²) < 4.78 is 0. The number of anilines is 1. The molecule has 2 fully saturated rings. The molecule has 2 aromatic rings. The van der Waals surface area contributed by atoms with Crippen molar-refractivity contribution < 1.29 is 10.0 Å². The maximum Gasteiger partial charge on any atom is 0.270 e. The summed E-state index contributed by atoms with van der Waals surface area (Å²) in [7, 11) is 0. The summed E-state index contributed by atoms with van der Waals surface area (Å²) in [5.74, 6) is 1.24. The first-order chi connectivity index (χ1) is 14.5. The van der Waals surface area contributed by atoms with Gasteiger partial charge in [-0.15, -0.1) is 0 Å². The van der Waals surface area contributed by atoms with E-state index >= 15 is 0 Å². The van der Waals surface area contributed by atoms with Gasteiger partial charge in [0, 0.05) is 54.6 Å². The number of aliphatic hydroxyl groups excluding tert-OH is 1. The molecule has 0 spiro atoms. The number of rotatable bonds is 5. The second kappa shape index (κ2) is 9.06. The summed E-state index contributed by atoms with van der Waals surface area (Å²) in [6.45, 7) is 3.85. The summed E-state index contributed by atoms with van der Waals surface area (Å²) in [5.41, 5.74) is 1.48. The first-order valence-corrected chi connectivity index (χ1v) is 10.8. The van der Waals surface area contributed by atoms with Crippen molar-refractivity contribution in [2.24, 2.45) is 0 Å². The molecule has 0 amide bonds. The largest absolute Gasteiger partial charge is 0.391 e. The van der Waals surface area contributed by atoms with Crippen LogP contribution in [-0.2, 0) is 0 Å². The number of hydrogen-bond donors (Lipinski definition) is 2. The van der Waals surface area contributed by atoms with Gasteiger partial charge in [-0.2, -0.15) is 0 Å². The average molecular weight is 412 g/mol. The van der Waals surface area contributed by atoms with Crippen LogP contribution in [0.5, 0.6) is 0 Å². The maximum atomic E-state index is 11.1. The van der Waals surface area contributed by atoms with Crippen molar-refractivity contribution in [2.45, 2.75) is 63.6 Å². The van der Waals surface area contributed by atoms with Gasteiger partial charge in [-0.3, -0.25) is 15.0 Å². The highest BCUT2D eigenvalue weighted by molar-refractivity contribution is 5.61. The van der Waals surface area contributed by atoms with E-state index in [1.165, 1.54) is 18.6 Å². The quantitative estimate of drug-likeness (QED) is 0.573. The second-order valence-corrected chi connectivity index (χ2v) is 8.40. The van der Waals surface area contributed by atoms with E-state index in [-0.39, 0.29) is 11.8 Å². The summed E-state index contributed by atoms with van der Waals surface area (Å²) in [6, 6.07) is 8.96. The highest BCUT2D eigenvalue weighted by atomic mass is 16.6. The van der Waals surface area contributed by atoms with Gasteiger partial charge in [-0.25, -0.2) is 9.97 Å². The van der Waals surface area contributed by atoms with Crippen LogP contribution in [0.4, 0.5) is 11.5 Å². The molecule has 8 nitrogen and oxygen atoms in total. The van der Waals surface area contributed by atoms with E-state index in [1.54, 1.807) is 12.1 Å². The molecule has 2 aliphatic rings. The lowest BCUT2D eigenvalue weighted by Gasteiger charge is -2.41. The zero-order valence-electron chi connectivity index (χ0n) is 17.3. The Labute approximate surface area is 176 Å². The molecule has 160 valence electrons. The highest BCUT2D eigenvalue weighted by Gasteiger charge is 2.31. The smallest absolute Gasteiger partial charge is 0.270 e. The van der Waals surface area contributed by atoms with Crippen molar-refractivity contribution in [2.75, 3.05) is 18.4 Å². The molecule has 2 atom stereocenters. The van der Waals surface area contributed by atoms with Gasteiger partial charge in [0.2, 0.25) is 0 Å². The third kappa shape index (κ3) is 4.76. The maximum absolute atomic E-state index is 11.1. The van der Waals surface area contributed by atoms with E-state index in [1.807, 2.05) is 13.0 Å². The Hall–Kier alpha value is -2.58. The molecule has 2 unspecified atom stereocenters. The molecule has 4 rings (SSSR count). The standard InChI is InChI=1S/C22H29N5O3/c1-15-13-21(25-22(23-15)16-5-4-6-18(14-16)27(29)30)24-17-9-11-26(12-10-17)19-7-2-3-8-20(19)28/h4-6,13-14,17,19-20,28H,2-3,7-12H2,1H3,(H,23,24,25). The molecule has 1 saturated carbocycles. The van der Waals surface area contributed by atoms with Gasteiger partial charge in [-0.1, -0.05) is 25.0 Å². The first kappa shape index (κ1) is 20.7. The van der Waals surface area contributed by atoms with E-state index in [0.29, 0.717) is 23.5 Å². The lowest BCUT2D eigenvalue weighted by molar-refractivity contribution is -0.384.